The zero-order valence-electron chi connectivity index (χ0n) is 10.5. The topological polar surface area (TPSA) is 0 Å². The van der Waals surface area contributed by atoms with Gasteiger partial charge in [0.25, 0.3) is 0 Å². The van der Waals surface area contributed by atoms with Crippen molar-refractivity contribution in [3.05, 3.63) is 45.3 Å². The maximum Gasteiger partial charge on any atom is -1.00 e. The fourth-order valence-corrected chi connectivity index (χ4v) is 9.77. The number of hydrogen-bond donors (Lipinski definition) is 0. The molecule has 0 bridgehead atoms. The van der Waals surface area contributed by atoms with E-state index < -0.39 is 21.3 Å². The average Bonchev–Trinajstić information content (AvgIpc) is 2.78. The van der Waals surface area contributed by atoms with E-state index in [-0.39, 0.29) is 24.8 Å². The molecule has 0 fully saturated rings. The molecule has 0 N–H and O–H groups in total. The molecule has 0 heterocycles. The first kappa shape index (κ1) is 17.3. The fourth-order valence-electron chi connectivity index (χ4n) is 2.53. The van der Waals surface area contributed by atoms with E-state index in [0.717, 1.165) is 0 Å². The molecular weight excluding hydrogens is 330 g/mol. The zero-order valence-corrected chi connectivity index (χ0v) is 14.5. The van der Waals surface area contributed by atoms with Gasteiger partial charge < -0.3 is 24.8 Å². The second-order valence-corrected chi connectivity index (χ2v) is 12.2. The monoisotopic (exact) mass is 346 g/mol. The van der Waals surface area contributed by atoms with Crippen molar-refractivity contribution in [3.63, 3.8) is 0 Å². The molecule has 0 amide bonds. The first-order valence-electron chi connectivity index (χ1n) is 5.57. The van der Waals surface area contributed by atoms with Crippen molar-refractivity contribution < 1.29 is 46.1 Å². The maximum atomic E-state index is 2.53. The summed E-state index contributed by atoms with van der Waals surface area (Å²) in [5.41, 5.74) is 1.43. The zero-order chi connectivity index (χ0) is 10.9. The van der Waals surface area contributed by atoms with Gasteiger partial charge in [-0.15, -0.1) is 0 Å². The summed E-state index contributed by atoms with van der Waals surface area (Å²) in [6.07, 6.45) is 15.3. The molecule has 1 unspecified atom stereocenters. The normalized spacial score (nSPS) is 25.1. The number of hydrogen-bond acceptors (Lipinski definition) is 0. The molecule has 0 radical (unpaired) electrons. The third-order valence-electron chi connectivity index (χ3n) is 3.21. The molecule has 0 aromatic heterocycles. The molecule has 2 aliphatic rings. The Balaban J connectivity index is 0.00000128. The van der Waals surface area contributed by atoms with E-state index in [2.05, 4.69) is 60.9 Å². The van der Waals surface area contributed by atoms with Gasteiger partial charge in [-0.1, -0.05) is 0 Å². The van der Waals surface area contributed by atoms with Crippen molar-refractivity contribution in [1.29, 1.82) is 0 Å². The van der Waals surface area contributed by atoms with Crippen LogP contribution in [0.1, 0.15) is 27.2 Å². The van der Waals surface area contributed by atoms with E-state index in [1.165, 1.54) is 12.0 Å². The van der Waals surface area contributed by atoms with Crippen LogP contribution in [0.2, 0.25) is 3.12 Å². The van der Waals surface area contributed by atoms with Crippen molar-refractivity contribution in [2.45, 2.75) is 30.3 Å². The molecule has 0 aromatic carbocycles. The van der Waals surface area contributed by atoms with Crippen LogP contribution >= 0.6 is 0 Å². The van der Waals surface area contributed by atoms with Gasteiger partial charge in [-0.3, -0.25) is 0 Å². The number of allylic oxidation sites excluding steroid dienone is 8. The second-order valence-electron chi connectivity index (χ2n) is 4.53. The summed E-state index contributed by atoms with van der Waals surface area (Å²) in [7, 11) is 0. The molecule has 0 saturated carbocycles. The van der Waals surface area contributed by atoms with Crippen LogP contribution in [0.15, 0.2) is 45.3 Å². The average molecular weight is 348 g/mol. The van der Waals surface area contributed by atoms with Gasteiger partial charge >= 0.3 is 101 Å². The molecule has 17 heavy (non-hydrogen) atoms. The molecule has 0 aliphatic heterocycles. The Bertz CT molecular complexity index is 428. The van der Waals surface area contributed by atoms with Crippen LogP contribution in [0.25, 0.3) is 0 Å². The molecule has 0 saturated heterocycles. The quantitative estimate of drug-likeness (QED) is 0.540. The molecular formula is C14H18Cl2Zr. The van der Waals surface area contributed by atoms with Crippen LogP contribution in [0.5, 0.6) is 0 Å². The number of halogens is 2. The Morgan fingerprint density at radius 1 is 1.35 bits per heavy atom. The van der Waals surface area contributed by atoms with E-state index in [1.807, 2.05) is 0 Å². The smallest absolute Gasteiger partial charge is 1.00 e. The van der Waals surface area contributed by atoms with E-state index in [4.69, 9.17) is 0 Å². The minimum Gasteiger partial charge on any atom is -1.00 e. The Kier molecular flexibility index (Phi) is 7.14. The summed E-state index contributed by atoms with van der Waals surface area (Å²) in [5.74, 6) is 0. The van der Waals surface area contributed by atoms with Gasteiger partial charge in [0, 0.05) is 0 Å². The third kappa shape index (κ3) is 3.63. The van der Waals surface area contributed by atoms with Crippen molar-refractivity contribution in [2.75, 3.05) is 0 Å². The molecule has 0 spiro atoms. The summed E-state index contributed by atoms with van der Waals surface area (Å²) in [4.78, 5) is 0. The molecule has 3 heteroatoms. The van der Waals surface area contributed by atoms with Gasteiger partial charge in [-0.2, -0.15) is 0 Å². The van der Waals surface area contributed by atoms with Crippen molar-refractivity contribution in [1.82, 2.24) is 0 Å². The van der Waals surface area contributed by atoms with Gasteiger partial charge in [-0.05, 0) is 0 Å². The Labute approximate surface area is 125 Å². The van der Waals surface area contributed by atoms with Crippen LogP contribution in [0.4, 0.5) is 0 Å². The van der Waals surface area contributed by atoms with Gasteiger partial charge in [0.15, 0.2) is 0 Å². The van der Waals surface area contributed by atoms with Crippen LogP contribution in [0, 0.1) is 0 Å². The van der Waals surface area contributed by atoms with E-state index in [9.17, 15) is 0 Å². The molecule has 0 aromatic rings. The largest absolute Gasteiger partial charge is 1.00 e. The van der Waals surface area contributed by atoms with Gasteiger partial charge in [0.05, 0.1) is 0 Å². The van der Waals surface area contributed by atoms with E-state index in [0.29, 0.717) is 3.12 Å². The maximum absolute atomic E-state index is 2.53. The van der Waals surface area contributed by atoms with Crippen LogP contribution in [-0.2, 0) is 21.3 Å². The summed E-state index contributed by atoms with van der Waals surface area (Å²) >= 11 is -1.59. The van der Waals surface area contributed by atoms with E-state index >= 15 is 0 Å². The SMILES string of the molecule is C/[CH]=[Zr+2](\[C]1=CC=CC1)[C]1(C)C=CC(C)=C1.[Cl-].[Cl-]. The molecule has 2 rings (SSSR count). The Hall–Kier alpha value is 0.293. The summed E-state index contributed by atoms with van der Waals surface area (Å²) in [6.45, 7) is 6.88. The van der Waals surface area contributed by atoms with Crippen molar-refractivity contribution in [3.8, 4) is 0 Å². The summed E-state index contributed by atoms with van der Waals surface area (Å²) in [5, 5.41) is 0. The fraction of sp³-hybridized carbons (Fsp3) is 0.357. The second kappa shape index (κ2) is 7.02. The first-order valence-corrected chi connectivity index (χ1v) is 9.45. The van der Waals surface area contributed by atoms with Crippen molar-refractivity contribution in [2.24, 2.45) is 0 Å². The predicted octanol–water partition coefficient (Wildman–Crippen LogP) is -2.03. The van der Waals surface area contributed by atoms with Gasteiger partial charge in [-0.25, -0.2) is 0 Å². The molecule has 1 atom stereocenters. The third-order valence-corrected chi connectivity index (χ3v) is 10.9. The van der Waals surface area contributed by atoms with Crippen LogP contribution < -0.4 is 24.8 Å². The minimum absolute atomic E-state index is 0. The summed E-state index contributed by atoms with van der Waals surface area (Å²) in [6, 6.07) is 0. The standard InChI is InChI=1S/C7H9.C5H5.C2H4.2ClH.Zr/c1-6-3-4-7(2)5-6;1-2-4-5-3-1;1-2;;;/h3-5H,1-2H3;1-3H,4H2;1H,2H3;2*1H;/q;;;;;+2/p-2. The minimum atomic E-state index is -1.59. The molecule has 92 valence electrons. The van der Waals surface area contributed by atoms with Gasteiger partial charge in [0.2, 0.25) is 0 Å². The number of rotatable bonds is 2. The molecule has 2 aliphatic carbocycles. The Morgan fingerprint density at radius 3 is 2.47 bits per heavy atom. The molecule has 0 nitrogen and oxygen atoms in total. The van der Waals surface area contributed by atoms with E-state index in [1.54, 1.807) is 3.28 Å². The van der Waals surface area contributed by atoms with Crippen molar-refractivity contribution >= 4 is 3.71 Å². The van der Waals surface area contributed by atoms with Gasteiger partial charge in [0.1, 0.15) is 0 Å². The predicted molar refractivity (Wildman–Crippen MR) is 64.8 cm³/mol. The summed E-state index contributed by atoms with van der Waals surface area (Å²) < 4.78 is 4.65. The van der Waals surface area contributed by atoms with Crippen LogP contribution in [0.3, 0.4) is 0 Å². The first-order chi connectivity index (χ1) is 7.15. The Morgan fingerprint density at radius 2 is 2.06 bits per heavy atom. The van der Waals surface area contributed by atoms with Crippen LogP contribution in [-0.4, -0.2) is 3.71 Å².